The van der Waals surface area contributed by atoms with Gasteiger partial charge in [-0.05, 0) is 82.2 Å². The second-order valence-electron chi connectivity index (χ2n) is 11.9. The minimum absolute atomic E-state index is 0.114. The molecule has 1 amide bonds. The number of benzene rings is 1. The van der Waals surface area contributed by atoms with E-state index in [0.29, 0.717) is 25.3 Å². The molecule has 8 heteroatoms. The standard InChI is InChI=1S/C35H53BBrNO5/c1-3-5-25-36-42-32-27-33(43-36)31(30(32)18-12-6-7-13-19-34(39)38-4-2)24-23-29(22-21-28-16-10-8-11-17-28)41-35(40)20-14-9-15-26-37/h6,8,10-12,16-17,23-24,29-33H,3-5,7,9,13-15,18-22,25-27H2,1-2H3,(H,38,39)/t29?,30-,31-,32?,33?/m1/s1. The third-order valence-corrected chi connectivity index (χ3v) is 9.00. The third kappa shape index (κ3) is 13.3. The van der Waals surface area contributed by atoms with Crippen molar-refractivity contribution in [2.24, 2.45) is 11.8 Å². The summed E-state index contributed by atoms with van der Waals surface area (Å²) in [5.74, 6) is 0.514. The van der Waals surface area contributed by atoms with E-state index in [-0.39, 0.29) is 43.2 Å². The molecule has 0 radical (unpaired) electrons. The van der Waals surface area contributed by atoms with Crippen LogP contribution in [0.25, 0.3) is 0 Å². The van der Waals surface area contributed by atoms with Gasteiger partial charge in [0.2, 0.25) is 5.91 Å². The van der Waals surface area contributed by atoms with Gasteiger partial charge in [-0.15, -0.1) is 0 Å². The topological polar surface area (TPSA) is 73.9 Å². The van der Waals surface area contributed by atoms with E-state index in [0.717, 1.165) is 82.3 Å². The number of ether oxygens (including phenoxy) is 1. The zero-order valence-corrected chi connectivity index (χ0v) is 28.0. The lowest BCUT2D eigenvalue weighted by Crippen LogP contribution is -2.37. The van der Waals surface area contributed by atoms with Crippen molar-refractivity contribution in [3.63, 3.8) is 0 Å². The molecular weight excluding hydrogens is 605 g/mol. The molecule has 1 aliphatic heterocycles. The molecule has 1 N–H and O–H groups in total. The minimum atomic E-state index is -0.272. The van der Waals surface area contributed by atoms with Crippen LogP contribution < -0.4 is 5.32 Å². The van der Waals surface area contributed by atoms with Crippen LogP contribution in [0.4, 0.5) is 0 Å². The second kappa shape index (κ2) is 21.0. The summed E-state index contributed by atoms with van der Waals surface area (Å²) in [7, 11) is -0.142. The molecule has 0 spiro atoms. The summed E-state index contributed by atoms with van der Waals surface area (Å²) in [6.45, 7) is 4.82. The van der Waals surface area contributed by atoms with E-state index >= 15 is 0 Å². The number of esters is 1. The number of amides is 1. The Hall–Kier alpha value is -1.90. The van der Waals surface area contributed by atoms with Crippen LogP contribution in [0.2, 0.25) is 6.32 Å². The minimum Gasteiger partial charge on any atom is -0.458 e. The van der Waals surface area contributed by atoms with Crippen molar-refractivity contribution in [3.05, 3.63) is 60.2 Å². The molecule has 0 aromatic heterocycles. The summed E-state index contributed by atoms with van der Waals surface area (Å²) >= 11 is 3.47. The van der Waals surface area contributed by atoms with E-state index in [9.17, 15) is 9.59 Å². The normalized spacial score (nSPS) is 22.3. The molecule has 1 aromatic rings. The molecule has 3 rings (SSSR count). The van der Waals surface area contributed by atoms with Gasteiger partial charge in [-0.1, -0.05) is 90.7 Å². The summed E-state index contributed by atoms with van der Waals surface area (Å²) in [5, 5.41) is 3.83. The zero-order valence-electron chi connectivity index (χ0n) is 26.4. The van der Waals surface area contributed by atoms with E-state index in [1.165, 1.54) is 5.56 Å². The summed E-state index contributed by atoms with van der Waals surface area (Å²) in [4.78, 5) is 24.5. The number of aryl methyl sites for hydroxylation is 1. The van der Waals surface area contributed by atoms with Gasteiger partial charge in [-0.3, -0.25) is 9.59 Å². The van der Waals surface area contributed by atoms with E-state index in [2.05, 4.69) is 76.7 Å². The summed E-state index contributed by atoms with van der Waals surface area (Å²) < 4.78 is 19.0. The first-order chi connectivity index (χ1) is 21.0. The fraction of sp³-hybridized carbons (Fsp3) is 0.657. The number of hydrogen-bond acceptors (Lipinski definition) is 5. The van der Waals surface area contributed by atoms with Crippen LogP contribution in [0.1, 0.15) is 96.5 Å². The number of carbonyl (C=O) groups excluding carboxylic acids is 2. The van der Waals surface area contributed by atoms with Crippen LogP contribution in [0, 0.1) is 11.8 Å². The highest BCUT2D eigenvalue weighted by molar-refractivity contribution is 9.09. The van der Waals surface area contributed by atoms with Crippen molar-refractivity contribution < 1.29 is 23.6 Å². The first-order valence-electron chi connectivity index (χ1n) is 16.7. The monoisotopic (exact) mass is 657 g/mol. The Morgan fingerprint density at radius 2 is 1.86 bits per heavy atom. The maximum atomic E-state index is 12.8. The zero-order chi connectivity index (χ0) is 30.7. The molecular formula is C35H53BBrNO5. The SMILES string of the molecule is CCCCB1OC2CC(O1)[C@H](CC=CCCCC(=O)NCC)[C@H]2C=CC(CCc1ccccc1)OC(=O)CCCCCBr. The molecule has 1 aliphatic carbocycles. The number of alkyl halides is 1. The highest BCUT2D eigenvalue weighted by atomic mass is 79.9. The van der Waals surface area contributed by atoms with Gasteiger partial charge >= 0.3 is 13.1 Å². The Kier molecular flexibility index (Phi) is 17.3. The van der Waals surface area contributed by atoms with Gasteiger partial charge in [0.05, 0.1) is 6.10 Å². The Labute approximate surface area is 269 Å². The van der Waals surface area contributed by atoms with Gasteiger partial charge in [0, 0.05) is 36.7 Å². The first-order valence-corrected chi connectivity index (χ1v) is 17.9. The molecule has 43 heavy (non-hydrogen) atoms. The number of rotatable bonds is 21. The van der Waals surface area contributed by atoms with Crippen molar-refractivity contribution in [3.8, 4) is 0 Å². The first kappa shape index (κ1) is 35.6. The molecule has 6 nitrogen and oxygen atoms in total. The predicted octanol–water partition coefficient (Wildman–Crippen LogP) is 8.00. The summed E-state index contributed by atoms with van der Waals surface area (Å²) in [5.41, 5.74) is 1.25. The smallest absolute Gasteiger partial charge is 0.457 e. The Bertz CT molecular complexity index is 990. The van der Waals surface area contributed by atoms with Crippen molar-refractivity contribution in [1.29, 1.82) is 0 Å². The van der Waals surface area contributed by atoms with Crippen LogP contribution in [0.3, 0.4) is 0 Å². The van der Waals surface area contributed by atoms with E-state index in [1.807, 2.05) is 13.0 Å². The lowest BCUT2D eigenvalue weighted by atomic mass is 9.80. The molecule has 2 fully saturated rings. The fourth-order valence-electron chi connectivity index (χ4n) is 6.10. The number of unbranched alkanes of at least 4 members (excludes halogenated alkanes) is 4. The maximum absolute atomic E-state index is 12.8. The Morgan fingerprint density at radius 3 is 2.63 bits per heavy atom. The number of nitrogens with one attached hydrogen (secondary N) is 1. The predicted molar refractivity (Wildman–Crippen MR) is 179 cm³/mol. The van der Waals surface area contributed by atoms with Crippen LogP contribution in [-0.4, -0.2) is 49.2 Å². The molecule has 5 atom stereocenters. The van der Waals surface area contributed by atoms with Crippen molar-refractivity contribution in [2.45, 2.75) is 122 Å². The van der Waals surface area contributed by atoms with Gasteiger partial charge in [0.1, 0.15) is 6.10 Å². The lowest BCUT2D eigenvalue weighted by molar-refractivity contribution is -0.147. The number of allylic oxidation sites excluding steroid dienone is 2. The van der Waals surface area contributed by atoms with Gasteiger partial charge in [0.25, 0.3) is 0 Å². The summed E-state index contributed by atoms with van der Waals surface area (Å²) in [6.07, 6.45) is 21.1. The van der Waals surface area contributed by atoms with Crippen molar-refractivity contribution in [2.75, 3.05) is 11.9 Å². The van der Waals surface area contributed by atoms with Gasteiger partial charge in [-0.2, -0.15) is 0 Å². The number of fused-ring (bicyclic) bond motifs is 2. The van der Waals surface area contributed by atoms with Crippen LogP contribution in [0.15, 0.2) is 54.6 Å². The maximum Gasteiger partial charge on any atom is 0.457 e. The summed E-state index contributed by atoms with van der Waals surface area (Å²) in [6, 6.07) is 10.4. The fourth-order valence-corrected chi connectivity index (χ4v) is 6.49. The quantitative estimate of drug-likeness (QED) is 0.0477. The Morgan fingerprint density at radius 1 is 1.05 bits per heavy atom. The molecule has 2 bridgehead atoms. The second-order valence-corrected chi connectivity index (χ2v) is 12.7. The largest absolute Gasteiger partial charge is 0.458 e. The number of halogens is 1. The highest BCUT2D eigenvalue weighted by Gasteiger charge is 2.49. The van der Waals surface area contributed by atoms with Crippen molar-refractivity contribution in [1.82, 2.24) is 5.32 Å². The average Bonchev–Trinajstić information content (AvgIpc) is 3.25. The molecule has 1 saturated carbocycles. The van der Waals surface area contributed by atoms with Gasteiger partial charge in [0.15, 0.2) is 0 Å². The number of carbonyl (C=O) groups is 2. The molecule has 1 saturated heterocycles. The lowest BCUT2D eigenvalue weighted by Gasteiger charge is -2.27. The molecule has 2 aliphatic rings. The van der Waals surface area contributed by atoms with Crippen molar-refractivity contribution >= 4 is 34.9 Å². The average molecular weight is 659 g/mol. The molecule has 3 unspecified atom stereocenters. The molecule has 238 valence electrons. The van der Waals surface area contributed by atoms with E-state index < -0.39 is 0 Å². The van der Waals surface area contributed by atoms with Crippen LogP contribution in [-0.2, 0) is 30.1 Å². The highest BCUT2D eigenvalue weighted by Crippen LogP contribution is 2.44. The Balaban J connectivity index is 1.67. The number of hydrogen-bond donors (Lipinski definition) is 1. The van der Waals surface area contributed by atoms with Crippen LogP contribution in [0.5, 0.6) is 0 Å². The van der Waals surface area contributed by atoms with Crippen LogP contribution >= 0.6 is 15.9 Å². The molecule has 1 heterocycles. The third-order valence-electron chi connectivity index (χ3n) is 8.44. The van der Waals surface area contributed by atoms with Gasteiger partial charge < -0.3 is 19.4 Å². The van der Waals surface area contributed by atoms with E-state index in [1.54, 1.807) is 0 Å². The van der Waals surface area contributed by atoms with Gasteiger partial charge in [-0.25, -0.2) is 0 Å². The van der Waals surface area contributed by atoms with E-state index in [4.69, 9.17) is 14.0 Å². The molecule has 1 aromatic carbocycles.